The van der Waals surface area contributed by atoms with Crippen molar-refractivity contribution in [3.63, 3.8) is 0 Å². The van der Waals surface area contributed by atoms with E-state index in [0.29, 0.717) is 0 Å². The second kappa shape index (κ2) is 5.13. The number of benzene rings is 2. The lowest BCUT2D eigenvalue weighted by atomic mass is 9.80. The third-order valence-electron chi connectivity index (χ3n) is 5.32. The molecular weight excluding hydrogens is 300 g/mol. The molecule has 0 amide bonds. The lowest BCUT2D eigenvalue weighted by Crippen LogP contribution is -2.51. The number of carbonyl (C=O) groups is 1. The molecule has 2 aromatic rings. The molecule has 0 N–H and O–H groups in total. The Labute approximate surface area is 141 Å². The minimum atomic E-state index is -1.24. The Bertz CT molecular complexity index is 783. The van der Waals surface area contributed by atoms with E-state index in [1.165, 1.54) is 0 Å². The van der Waals surface area contributed by atoms with Gasteiger partial charge in [0.15, 0.2) is 0 Å². The van der Waals surface area contributed by atoms with Gasteiger partial charge in [-0.25, -0.2) is 0 Å². The number of hydrogen-bond acceptors (Lipinski definition) is 3. The van der Waals surface area contributed by atoms with Crippen molar-refractivity contribution in [1.29, 1.82) is 0 Å². The number of hydrogen-bond donors (Lipinski definition) is 0. The van der Waals surface area contributed by atoms with Crippen molar-refractivity contribution in [2.24, 2.45) is 0 Å². The average molecular weight is 320 g/mol. The molecule has 1 spiro atoms. The van der Waals surface area contributed by atoms with E-state index >= 15 is 0 Å². The van der Waals surface area contributed by atoms with E-state index in [1.807, 2.05) is 81.4 Å². The van der Waals surface area contributed by atoms with Gasteiger partial charge in [-0.2, -0.15) is 0 Å². The molecule has 0 unspecified atom stereocenters. The minimum Gasteiger partial charge on any atom is -0.333 e. The molecule has 0 saturated carbocycles. The largest absolute Gasteiger partial charge is 0.333 e. The fourth-order valence-electron chi connectivity index (χ4n) is 3.83. The van der Waals surface area contributed by atoms with Crippen LogP contribution in [0.5, 0.6) is 0 Å². The highest BCUT2D eigenvalue weighted by Gasteiger charge is 2.65. The monoisotopic (exact) mass is 320 g/mol. The molecule has 122 valence electrons. The molecule has 0 radical (unpaired) electrons. The molecule has 0 bridgehead atoms. The first-order valence-electron chi connectivity index (χ1n) is 8.24. The molecule has 24 heavy (non-hydrogen) atoms. The van der Waals surface area contributed by atoms with E-state index in [9.17, 15) is 4.79 Å². The highest BCUT2D eigenvalue weighted by atomic mass is 16.8. The van der Waals surface area contributed by atoms with Crippen molar-refractivity contribution in [2.75, 3.05) is 0 Å². The molecule has 1 heterocycles. The highest BCUT2D eigenvalue weighted by molar-refractivity contribution is 6.11. The van der Waals surface area contributed by atoms with E-state index < -0.39 is 11.4 Å². The van der Waals surface area contributed by atoms with Gasteiger partial charge in [0.25, 0.3) is 5.79 Å². The van der Waals surface area contributed by atoms with Crippen LogP contribution >= 0.6 is 0 Å². The predicted molar refractivity (Wildman–Crippen MR) is 91.4 cm³/mol. The van der Waals surface area contributed by atoms with Gasteiger partial charge >= 0.3 is 0 Å². The lowest BCUT2D eigenvalue weighted by molar-refractivity contribution is -0.184. The van der Waals surface area contributed by atoms with Crippen LogP contribution in [-0.2, 0) is 19.9 Å². The van der Waals surface area contributed by atoms with Crippen LogP contribution in [0, 0.1) is 0 Å². The third-order valence-corrected chi connectivity index (χ3v) is 5.32. The van der Waals surface area contributed by atoms with Crippen LogP contribution in [0.1, 0.15) is 31.9 Å². The first-order chi connectivity index (χ1) is 11.5. The van der Waals surface area contributed by atoms with E-state index in [-0.39, 0.29) is 11.9 Å². The molecule has 2 atom stereocenters. The summed E-state index contributed by atoms with van der Waals surface area (Å²) in [5, 5.41) is 0. The second-order valence-corrected chi connectivity index (χ2v) is 6.53. The summed E-state index contributed by atoms with van der Waals surface area (Å²) in [5.41, 5.74) is 2.78. The third kappa shape index (κ3) is 1.77. The fourth-order valence-corrected chi connectivity index (χ4v) is 3.83. The van der Waals surface area contributed by atoms with E-state index in [0.717, 1.165) is 22.3 Å². The maximum Gasteiger partial charge on any atom is 0.258 e. The summed E-state index contributed by atoms with van der Waals surface area (Å²) in [6, 6.07) is 20.0. The first-order valence-corrected chi connectivity index (χ1v) is 8.24. The normalized spacial score (nSPS) is 28.3. The quantitative estimate of drug-likeness (QED) is 0.839. The maximum absolute atomic E-state index is 12.6. The topological polar surface area (TPSA) is 35.5 Å². The molecule has 0 aromatic heterocycles. The van der Waals surface area contributed by atoms with Gasteiger partial charge in [-0.1, -0.05) is 60.7 Å². The van der Waals surface area contributed by atoms with Crippen molar-refractivity contribution in [3.8, 4) is 0 Å². The number of rotatable bonds is 2. The Morgan fingerprint density at radius 3 is 1.83 bits per heavy atom. The van der Waals surface area contributed by atoms with E-state index in [1.54, 1.807) is 0 Å². The molecular formula is C21H20O3. The van der Waals surface area contributed by atoms with Gasteiger partial charge in [-0.15, -0.1) is 0 Å². The lowest BCUT2D eigenvalue weighted by Gasteiger charge is -2.39. The van der Waals surface area contributed by atoms with E-state index in [2.05, 4.69) is 0 Å². The smallest absolute Gasteiger partial charge is 0.258 e. The van der Waals surface area contributed by atoms with Crippen molar-refractivity contribution in [2.45, 2.75) is 38.3 Å². The highest BCUT2D eigenvalue weighted by Crippen LogP contribution is 2.55. The van der Waals surface area contributed by atoms with Crippen molar-refractivity contribution in [3.05, 3.63) is 82.9 Å². The maximum atomic E-state index is 12.6. The van der Waals surface area contributed by atoms with Crippen LogP contribution in [0.15, 0.2) is 71.8 Å². The van der Waals surface area contributed by atoms with Gasteiger partial charge < -0.3 is 9.47 Å². The van der Waals surface area contributed by atoms with Crippen LogP contribution in [0.3, 0.4) is 0 Å². The Hall–Kier alpha value is -2.23. The van der Waals surface area contributed by atoms with Crippen molar-refractivity contribution < 1.29 is 14.3 Å². The summed E-state index contributed by atoms with van der Waals surface area (Å²) in [6.07, 6.45) is -0.297. The summed E-state index contributed by atoms with van der Waals surface area (Å²) in [6.45, 7) is 5.71. The van der Waals surface area contributed by atoms with Gasteiger partial charge in [-0.3, -0.25) is 4.79 Å². The number of ketones is 1. The molecule has 1 fully saturated rings. The van der Waals surface area contributed by atoms with Crippen LogP contribution in [-0.4, -0.2) is 17.7 Å². The Balaban J connectivity index is 1.92. The van der Waals surface area contributed by atoms with Gasteiger partial charge in [0.1, 0.15) is 5.60 Å². The number of ether oxygens (including phenoxy) is 2. The zero-order valence-corrected chi connectivity index (χ0v) is 14.1. The molecule has 1 aliphatic heterocycles. The standard InChI is InChI=1S/C21H20O3/c1-14-15(2)21(19(14)22)23-16(3)20(24-21,17-10-6-4-7-11-17)18-12-8-5-9-13-18/h4-13,16H,1-3H3/t16-,21-/m1/s1. The summed E-state index contributed by atoms with van der Waals surface area (Å²) < 4.78 is 12.7. The van der Waals surface area contributed by atoms with Crippen LogP contribution in [0.25, 0.3) is 0 Å². The summed E-state index contributed by atoms with van der Waals surface area (Å²) >= 11 is 0. The summed E-state index contributed by atoms with van der Waals surface area (Å²) in [7, 11) is 0. The molecule has 2 aromatic carbocycles. The molecule has 4 rings (SSSR count). The Morgan fingerprint density at radius 1 is 0.875 bits per heavy atom. The predicted octanol–water partition coefficient (Wildman–Crippen LogP) is 3.98. The average Bonchev–Trinajstić information content (AvgIpc) is 2.98. The van der Waals surface area contributed by atoms with Gasteiger partial charge in [0.05, 0.1) is 6.10 Å². The summed E-state index contributed by atoms with van der Waals surface area (Å²) in [5.74, 6) is -1.31. The fraction of sp³-hybridized carbons (Fsp3) is 0.286. The van der Waals surface area contributed by atoms with Crippen LogP contribution in [0.2, 0.25) is 0 Å². The zero-order valence-electron chi connectivity index (χ0n) is 14.1. The Kier molecular flexibility index (Phi) is 3.27. The summed E-state index contributed by atoms with van der Waals surface area (Å²) in [4.78, 5) is 12.6. The Morgan fingerprint density at radius 2 is 1.38 bits per heavy atom. The SMILES string of the molecule is CC1=C(C)[C@]2(O[C@H](C)C(c3ccccc3)(c3ccccc3)O2)C1=O. The van der Waals surface area contributed by atoms with Gasteiger partial charge in [0.2, 0.25) is 5.78 Å². The first kappa shape index (κ1) is 15.3. The molecule has 1 saturated heterocycles. The molecule has 1 aliphatic carbocycles. The van der Waals surface area contributed by atoms with Gasteiger partial charge in [-0.05, 0) is 31.9 Å². The number of carbonyl (C=O) groups excluding carboxylic acids is 1. The minimum absolute atomic E-state index is 0.0689. The van der Waals surface area contributed by atoms with Gasteiger partial charge in [0, 0.05) is 11.1 Å². The zero-order chi connectivity index (χ0) is 16.9. The van der Waals surface area contributed by atoms with Crippen LogP contribution in [0.4, 0.5) is 0 Å². The number of Topliss-reactive ketones (excluding diaryl/α,β-unsaturated/α-hetero) is 1. The van der Waals surface area contributed by atoms with Crippen molar-refractivity contribution >= 4 is 5.78 Å². The van der Waals surface area contributed by atoms with Crippen molar-refractivity contribution in [1.82, 2.24) is 0 Å². The molecule has 3 heteroatoms. The molecule has 3 nitrogen and oxygen atoms in total. The van der Waals surface area contributed by atoms with Crippen LogP contribution < -0.4 is 0 Å². The van der Waals surface area contributed by atoms with E-state index in [4.69, 9.17) is 9.47 Å². The molecule has 2 aliphatic rings. The second-order valence-electron chi connectivity index (χ2n) is 6.53.